The molecule has 0 atom stereocenters. The Balaban J connectivity index is 1.99. The van der Waals surface area contributed by atoms with Gasteiger partial charge in [0.25, 0.3) is 0 Å². The predicted molar refractivity (Wildman–Crippen MR) is 96.9 cm³/mol. The van der Waals surface area contributed by atoms with Gasteiger partial charge in [-0.2, -0.15) is 0 Å². The first-order valence-electron chi connectivity index (χ1n) is 7.28. The van der Waals surface area contributed by atoms with E-state index in [4.69, 9.17) is 21.1 Å². The number of methoxy groups -OCH3 is 1. The predicted octanol–water partition coefficient (Wildman–Crippen LogP) is 4.34. The molecule has 0 aliphatic rings. The molecule has 0 spiro atoms. The molecule has 6 nitrogen and oxygen atoms in total. The molecule has 25 heavy (non-hydrogen) atoms. The largest absolute Gasteiger partial charge is 0.497 e. The van der Waals surface area contributed by atoms with Crippen LogP contribution in [0.4, 0.5) is 0 Å². The van der Waals surface area contributed by atoms with E-state index in [0.29, 0.717) is 18.0 Å². The Morgan fingerprint density at radius 2 is 2.04 bits per heavy atom. The van der Waals surface area contributed by atoms with Gasteiger partial charge >= 0.3 is 5.97 Å². The number of aryl methyl sites for hydroxylation is 1. The summed E-state index contributed by atoms with van der Waals surface area (Å²) in [5.74, 6) is 0.00313. The topological polar surface area (TPSA) is 73.1 Å². The first-order valence-corrected chi connectivity index (χ1v) is 8.45. The van der Waals surface area contributed by atoms with Crippen LogP contribution in [0.15, 0.2) is 34.8 Å². The zero-order chi connectivity index (χ0) is 18.1. The van der Waals surface area contributed by atoms with Gasteiger partial charge in [0.1, 0.15) is 17.5 Å². The van der Waals surface area contributed by atoms with Crippen molar-refractivity contribution in [3.63, 3.8) is 0 Å². The van der Waals surface area contributed by atoms with Gasteiger partial charge in [0.15, 0.2) is 17.1 Å². The Kier molecular flexibility index (Phi) is 4.87. The van der Waals surface area contributed by atoms with Crippen LogP contribution >= 0.6 is 27.5 Å². The van der Waals surface area contributed by atoms with Crippen LogP contribution < -0.4 is 9.47 Å². The van der Waals surface area contributed by atoms with Gasteiger partial charge in [0, 0.05) is 10.2 Å². The molecular weight excluding hydrogens is 412 g/mol. The molecule has 0 bridgehead atoms. The maximum atomic E-state index is 11.3. The number of aromatic carboxylic acids is 1. The van der Waals surface area contributed by atoms with Crippen LogP contribution in [0.25, 0.3) is 5.65 Å². The highest BCUT2D eigenvalue weighted by atomic mass is 79.9. The molecule has 2 aromatic heterocycles. The van der Waals surface area contributed by atoms with Gasteiger partial charge < -0.3 is 14.6 Å². The summed E-state index contributed by atoms with van der Waals surface area (Å²) in [6.45, 7) is 2.10. The highest BCUT2D eigenvalue weighted by Gasteiger charge is 2.21. The minimum absolute atomic E-state index is 0.0376. The summed E-state index contributed by atoms with van der Waals surface area (Å²) in [5, 5.41) is 9.29. The maximum Gasteiger partial charge on any atom is 0.357 e. The van der Waals surface area contributed by atoms with Crippen molar-refractivity contribution in [3.8, 4) is 11.5 Å². The molecule has 0 saturated carbocycles. The molecule has 0 aliphatic heterocycles. The van der Waals surface area contributed by atoms with Crippen LogP contribution in [-0.4, -0.2) is 27.6 Å². The van der Waals surface area contributed by atoms with Crippen molar-refractivity contribution in [1.29, 1.82) is 0 Å². The second-order valence-electron chi connectivity index (χ2n) is 5.29. The van der Waals surface area contributed by atoms with Gasteiger partial charge in [-0.3, -0.25) is 4.40 Å². The maximum absolute atomic E-state index is 11.3. The van der Waals surface area contributed by atoms with Crippen LogP contribution in [0.3, 0.4) is 0 Å². The zero-order valence-electron chi connectivity index (χ0n) is 13.4. The number of carboxylic acids is 1. The van der Waals surface area contributed by atoms with E-state index in [1.54, 1.807) is 17.6 Å². The Morgan fingerprint density at radius 1 is 1.36 bits per heavy atom. The molecule has 0 amide bonds. The fourth-order valence-electron chi connectivity index (χ4n) is 2.39. The summed E-state index contributed by atoms with van der Waals surface area (Å²) in [6.07, 6.45) is 0. The van der Waals surface area contributed by atoms with E-state index in [2.05, 4.69) is 20.9 Å². The van der Waals surface area contributed by atoms with E-state index >= 15 is 0 Å². The number of hydrogen-bond acceptors (Lipinski definition) is 4. The lowest BCUT2D eigenvalue weighted by Gasteiger charge is -2.11. The number of rotatable bonds is 5. The fraction of sp³-hybridized carbons (Fsp3) is 0.176. The zero-order valence-corrected chi connectivity index (χ0v) is 15.8. The van der Waals surface area contributed by atoms with Gasteiger partial charge in [0.2, 0.25) is 0 Å². The number of nitrogens with zero attached hydrogens (tertiary/aromatic N) is 2. The molecule has 0 aliphatic carbocycles. The number of carbonyl (C=O) groups is 1. The molecule has 2 heterocycles. The highest BCUT2D eigenvalue weighted by Crippen LogP contribution is 2.32. The van der Waals surface area contributed by atoms with E-state index < -0.39 is 5.97 Å². The third-order valence-corrected chi connectivity index (χ3v) is 4.89. The van der Waals surface area contributed by atoms with Crippen LogP contribution in [0.5, 0.6) is 11.5 Å². The summed E-state index contributed by atoms with van der Waals surface area (Å²) < 4.78 is 13.3. The number of pyridine rings is 1. The minimum Gasteiger partial charge on any atom is -0.497 e. The Labute approximate surface area is 157 Å². The van der Waals surface area contributed by atoms with E-state index in [1.165, 1.54) is 0 Å². The lowest BCUT2D eigenvalue weighted by molar-refractivity contribution is 0.0691. The Bertz CT molecular complexity index is 954. The lowest BCUT2D eigenvalue weighted by Crippen LogP contribution is -2.00. The van der Waals surface area contributed by atoms with Gasteiger partial charge in [-0.15, -0.1) is 0 Å². The number of aromatic nitrogens is 2. The molecule has 8 heteroatoms. The van der Waals surface area contributed by atoms with Crippen molar-refractivity contribution in [2.24, 2.45) is 0 Å². The molecule has 3 rings (SSSR count). The van der Waals surface area contributed by atoms with Crippen LogP contribution in [0.2, 0.25) is 5.15 Å². The molecule has 0 radical (unpaired) electrons. The first kappa shape index (κ1) is 17.6. The average molecular weight is 426 g/mol. The van der Waals surface area contributed by atoms with Gasteiger partial charge in [-0.1, -0.05) is 23.7 Å². The fourth-order valence-corrected chi connectivity index (χ4v) is 3.10. The lowest BCUT2D eigenvalue weighted by atomic mass is 10.2. The monoisotopic (exact) mass is 424 g/mol. The van der Waals surface area contributed by atoms with Crippen molar-refractivity contribution < 1.29 is 19.4 Å². The first-order chi connectivity index (χ1) is 11.9. The number of benzene rings is 1. The summed E-state index contributed by atoms with van der Waals surface area (Å²) in [7, 11) is 1.61. The molecule has 0 saturated heterocycles. The minimum atomic E-state index is -1.19. The van der Waals surface area contributed by atoms with Crippen LogP contribution in [0, 0.1) is 6.92 Å². The van der Waals surface area contributed by atoms with Crippen molar-refractivity contribution in [3.05, 3.63) is 56.9 Å². The highest BCUT2D eigenvalue weighted by molar-refractivity contribution is 9.10. The van der Waals surface area contributed by atoms with Crippen LogP contribution in [0.1, 0.15) is 21.7 Å². The number of ether oxygens (including phenoxy) is 2. The molecule has 0 fully saturated rings. The molecule has 1 N–H and O–H groups in total. The SMILES string of the molecule is COc1ccc(COc2cc(Br)c(C)n3c(Cl)c(C(=O)O)nc23)cc1. The van der Waals surface area contributed by atoms with E-state index in [-0.39, 0.29) is 10.8 Å². The summed E-state index contributed by atoms with van der Waals surface area (Å²) in [4.78, 5) is 15.4. The van der Waals surface area contributed by atoms with Gasteiger partial charge in [-0.05, 0) is 46.6 Å². The third-order valence-electron chi connectivity index (χ3n) is 3.74. The molecule has 0 unspecified atom stereocenters. The second-order valence-corrected chi connectivity index (χ2v) is 6.51. The van der Waals surface area contributed by atoms with Crippen LogP contribution in [-0.2, 0) is 6.61 Å². The van der Waals surface area contributed by atoms with Crippen molar-refractivity contribution in [2.45, 2.75) is 13.5 Å². The van der Waals surface area contributed by atoms with Gasteiger partial charge in [0.05, 0.1) is 7.11 Å². The van der Waals surface area contributed by atoms with E-state index in [9.17, 15) is 9.90 Å². The van der Waals surface area contributed by atoms with Gasteiger partial charge in [-0.25, -0.2) is 9.78 Å². The summed E-state index contributed by atoms with van der Waals surface area (Å²) >= 11 is 9.62. The molecular formula is C17H14BrClN2O4. The smallest absolute Gasteiger partial charge is 0.357 e. The number of carboxylic acid groups (broad SMARTS) is 1. The standard InChI is InChI=1S/C17H14BrClN2O4/c1-9-12(18)7-13(16-20-14(17(22)23)15(19)21(9)16)25-8-10-3-5-11(24-2)6-4-10/h3-7H,8H2,1-2H3,(H,22,23). The van der Waals surface area contributed by atoms with E-state index in [0.717, 1.165) is 21.5 Å². The number of halogens is 2. The molecule has 130 valence electrons. The van der Waals surface area contributed by atoms with Crippen molar-refractivity contribution in [1.82, 2.24) is 9.38 Å². The number of hydrogen-bond donors (Lipinski definition) is 1. The summed E-state index contributed by atoms with van der Waals surface area (Å²) in [6, 6.07) is 9.21. The quantitative estimate of drug-likeness (QED) is 0.658. The normalized spacial score (nSPS) is 10.9. The molecule has 1 aromatic carbocycles. The van der Waals surface area contributed by atoms with Crippen molar-refractivity contribution in [2.75, 3.05) is 7.11 Å². The van der Waals surface area contributed by atoms with Crippen molar-refractivity contribution >= 4 is 39.1 Å². The Hall–Kier alpha value is -2.25. The second kappa shape index (κ2) is 6.93. The molecule has 3 aromatic rings. The number of imidazole rings is 1. The number of fused-ring (bicyclic) bond motifs is 1. The summed E-state index contributed by atoms with van der Waals surface area (Å²) in [5.41, 5.74) is 1.82. The Morgan fingerprint density at radius 3 is 2.64 bits per heavy atom. The average Bonchev–Trinajstić information content (AvgIpc) is 2.95. The third kappa shape index (κ3) is 3.29. The van der Waals surface area contributed by atoms with E-state index in [1.807, 2.05) is 31.2 Å².